The van der Waals surface area contributed by atoms with Gasteiger partial charge in [0.15, 0.2) is 0 Å². The number of aromatic hydroxyl groups is 1. The predicted molar refractivity (Wildman–Crippen MR) is 166 cm³/mol. The normalized spacial score (nSPS) is 21.1. The van der Waals surface area contributed by atoms with Crippen molar-refractivity contribution >= 4 is 29.2 Å². The number of allylic oxidation sites excluding steroid dienone is 2. The molecule has 48 heavy (non-hydrogen) atoms. The number of aliphatic hydroxyl groups is 2. The number of amides is 2. The molecule has 0 radical (unpaired) electrons. The minimum absolute atomic E-state index is 0.0505. The number of halogens is 6. The van der Waals surface area contributed by atoms with Gasteiger partial charge in [-0.05, 0) is 78.3 Å². The molecule has 2 aliphatic rings. The summed E-state index contributed by atoms with van der Waals surface area (Å²) in [7, 11) is 0. The summed E-state index contributed by atoms with van der Waals surface area (Å²) < 4.78 is 81.6. The molecule has 0 saturated carbocycles. The highest BCUT2D eigenvalue weighted by molar-refractivity contribution is 6.22. The monoisotopic (exact) mass is 673 g/mol. The number of benzene rings is 3. The number of fused-ring (bicyclic) bond motifs is 1. The first-order valence-corrected chi connectivity index (χ1v) is 15.4. The third-order valence-electron chi connectivity index (χ3n) is 9.06. The quantitative estimate of drug-likeness (QED) is 0.0940. The Labute approximate surface area is 272 Å². The maximum absolute atomic E-state index is 13.8. The summed E-state index contributed by atoms with van der Waals surface area (Å²) in [6.07, 6.45) is -8.92. The van der Waals surface area contributed by atoms with Crippen molar-refractivity contribution in [2.24, 2.45) is 17.8 Å². The third-order valence-corrected chi connectivity index (χ3v) is 9.06. The van der Waals surface area contributed by atoms with Gasteiger partial charge in [0, 0.05) is 5.92 Å². The second-order valence-electron chi connectivity index (χ2n) is 12.0. The average Bonchev–Trinajstić information content (AvgIpc) is 3.30. The van der Waals surface area contributed by atoms with Gasteiger partial charge in [-0.25, -0.2) is 4.90 Å². The van der Waals surface area contributed by atoms with E-state index in [1.54, 1.807) is 31.2 Å². The molecule has 0 unspecified atom stereocenters. The van der Waals surface area contributed by atoms with Gasteiger partial charge in [0.25, 0.3) is 0 Å². The average molecular weight is 674 g/mol. The van der Waals surface area contributed by atoms with Gasteiger partial charge in [0.05, 0.1) is 41.4 Å². The van der Waals surface area contributed by atoms with E-state index >= 15 is 0 Å². The summed E-state index contributed by atoms with van der Waals surface area (Å²) in [4.78, 5) is 27.7. The van der Waals surface area contributed by atoms with E-state index < -0.39 is 71.4 Å². The molecule has 0 bridgehead atoms. The molecule has 4 atom stereocenters. The molecule has 254 valence electrons. The van der Waals surface area contributed by atoms with Gasteiger partial charge in [0.2, 0.25) is 11.8 Å². The second kappa shape index (κ2) is 13.6. The number of carbonyl (C=O) groups is 2. The first kappa shape index (κ1) is 34.9. The summed E-state index contributed by atoms with van der Waals surface area (Å²) in [5.74, 6) is -5.43. The van der Waals surface area contributed by atoms with Crippen LogP contribution in [0.15, 0.2) is 83.9 Å². The Morgan fingerprint density at radius 2 is 1.52 bits per heavy atom. The number of alkyl halides is 6. The maximum atomic E-state index is 13.8. The highest BCUT2D eigenvalue weighted by atomic mass is 19.4. The molecule has 12 heteroatoms. The van der Waals surface area contributed by atoms with Crippen molar-refractivity contribution in [1.82, 2.24) is 0 Å². The van der Waals surface area contributed by atoms with E-state index in [4.69, 9.17) is 0 Å². The lowest BCUT2D eigenvalue weighted by molar-refractivity contribution is -0.143. The van der Waals surface area contributed by atoms with Gasteiger partial charge >= 0.3 is 12.4 Å². The lowest BCUT2D eigenvalue weighted by Crippen LogP contribution is -2.39. The van der Waals surface area contributed by atoms with Crippen LogP contribution in [0, 0.1) is 17.8 Å². The van der Waals surface area contributed by atoms with Crippen LogP contribution in [0.2, 0.25) is 0 Å². The Hall–Kier alpha value is -4.42. The molecule has 1 fully saturated rings. The highest BCUT2D eigenvalue weighted by Gasteiger charge is 2.55. The molecule has 0 aromatic heterocycles. The number of phenolic OH excluding ortho intramolecular Hbond substituents is 1. The number of rotatable bonds is 9. The van der Waals surface area contributed by atoms with Gasteiger partial charge in [-0.15, -0.1) is 0 Å². The van der Waals surface area contributed by atoms with Crippen molar-refractivity contribution in [2.75, 3.05) is 11.5 Å². The summed E-state index contributed by atoms with van der Waals surface area (Å²) in [5, 5.41) is 31.8. The zero-order valence-electron chi connectivity index (χ0n) is 25.7. The molecule has 1 heterocycles. The lowest BCUT2D eigenvalue weighted by Gasteiger charge is -2.36. The van der Waals surface area contributed by atoms with E-state index in [1.165, 1.54) is 0 Å². The molecule has 6 nitrogen and oxygen atoms in total. The van der Waals surface area contributed by atoms with Crippen LogP contribution in [-0.2, 0) is 21.9 Å². The molecule has 5 rings (SSSR count). The molecule has 3 N–H and O–H groups in total. The van der Waals surface area contributed by atoms with Crippen LogP contribution in [0.4, 0.5) is 32.0 Å². The fraction of sp³-hybridized carbons (Fsp3) is 0.333. The standard InChI is InChI=1S/C36H33F6NO5/c1-2-21-15-28-32(34(48)43(33(28)47)26-17-24(35(37,38)39)16-25(18-26)36(40,41)42)29(19-44)31(21)30(46)13-10-23(22-6-4-3-5-7-22)14-20-8-11-27(45)12-9-20/h3-9,11-12,14,16-18,28-30,32,44-46H,2,10,13,15,19H2,1H3/b23-14-/t28-,29+,30-,32-/m1/s1. The summed E-state index contributed by atoms with van der Waals surface area (Å²) in [6.45, 7) is 1.08. The van der Waals surface area contributed by atoms with E-state index in [0.717, 1.165) is 16.7 Å². The van der Waals surface area contributed by atoms with E-state index in [1.807, 2.05) is 36.4 Å². The topological polar surface area (TPSA) is 98.1 Å². The van der Waals surface area contributed by atoms with Gasteiger partial charge in [-0.3, -0.25) is 9.59 Å². The summed E-state index contributed by atoms with van der Waals surface area (Å²) >= 11 is 0. The van der Waals surface area contributed by atoms with Gasteiger partial charge in [-0.1, -0.05) is 61.0 Å². The SMILES string of the molecule is CCC1=C([C@H](O)CC/C(=C/c2ccc(O)cc2)c2ccccc2)[C@H](CO)[C@@H]2C(=O)N(c3cc(C(F)(F)F)cc(C(F)(F)F)c3)C(=O)[C@@H]2C1. The number of carbonyl (C=O) groups excluding carboxylic acids is 2. The summed E-state index contributed by atoms with van der Waals surface area (Å²) in [5.41, 5.74) is -0.741. The predicted octanol–water partition coefficient (Wildman–Crippen LogP) is 7.64. The van der Waals surface area contributed by atoms with Gasteiger partial charge in [-0.2, -0.15) is 26.3 Å². The van der Waals surface area contributed by atoms with Crippen LogP contribution in [0.1, 0.15) is 54.9 Å². The molecular formula is C36H33F6NO5. The minimum Gasteiger partial charge on any atom is -0.508 e. The van der Waals surface area contributed by atoms with Crippen LogP contribution < -0.4 is 4.90 Å². The number of phenols is 1. The Morgan fingerprint density at radius 1 is 0.917 bits per heavy atom. The molecular weight excluding hydrogens is 640 g/mol. The van der Waals surface area contributed by atoms with Crippen molar-refractivity contribution in [3.05, 3.63) is 106 Å². The fourth-order valence-electron chi connectivity index (χ4n) is 6.79. The van der Waals surface area contributed by atoms with Gasteiger partial charge in [0.1, 0.15) is 5.75 Å². The number of aliphatic hydroxyl groups excluding tert-OH is 2. The maximum Gasteiger partial charge on any atom is 0.416 e. The van der Waals surface area contributed by atoms with Crippen molar-refractivity contribution in [2.45, 2.75) is 51.1 Å². The first-order chi connectivity index (χ1) is 22.6. The zero-order chi connectivity index (χ0) is 35.0. The van der Waals surface area contributed by atoms with Crippen molar-refractivity contribution in [1.29, 1.82) is 0 Å². The molecule has 1 saturated heterocycles. The molecule has 2 amide bonds. The fourth-order valence-corrected chi connectivity index (χ4v) is 6.79. The zero-order valence-corrected chi connectivity index (χ0v) is 25.7. The van der Waals surface area contributed by atoms with E-state index in [9.17, 15) is 51.3 Å². The Morgan fingerprint density at radius 3 is 2.06 bits per heavy atom. The van der Waals surface area contributed by atoms with Crippen molar-refractivity contribution in [3.63, 3.8) is 0 Å². The van der Waals surface area contributed by atoms with Crippen LogP contribution in [0.3, 0.4) is 0 Å². The Bertz CT molecular complexity index is 1700. The summed E-state index contributed by atoms with van der Waals surface area (Å²) in [6, 6.07) is 16.5. The largest absolute Gasteiger partial charge is 0.508 e. The third kappa shape index (κ3) is 7.05. The van der Waals surface area contributed by atoms with Crippen LogP contribution >= 0.6 is 0 Å². The second-order valence-corrected chi connectivity index (χ2v) is 12.0. The van der Waals surface area contributed by atoms with Crippen molar-refractivity contribution in [3.8, 4) is 5.75 Å². The number of hydrogen-bond acceptors (Lipinski definition) is 5. The number of hydrogen-bond donors (Lipinski definition) is 3. The van der Waals surface area contributed by atoms with E-state index in [0.29, 0.717) is 41.0 Å². The molecule has 0 spiro atoms. The molecule has 3 aromatic carbocycles. The van der Waals surface area contributed by atoms with Crippen LogP contribution in [-0.4, -0.2) is 39.8 Å². The molecule has 1 aliphatic carbocycles. The number of anilines is 1. The van der Waals surface area contributed by atoms with Crippen LogP contribution in [0.5, 0.6) is 5.75 Å². The van der Waals surface area contributed by atoms with Crippen molar-refractivity contribution < 1.29 is 51.3 Å². The number of nitrogens with zero attached hydrogens (tertiary/aromatic N) is 1. The Kier molecular flexibility index (Phi) is 9.89. The smallest absolute Gasteiger partial charge is 0.416 e. The minimum atomic E-state index is -5.19. The molecule has 1 aliphatic heterocycles. The first-order valence-electron chi connectivity index (χ1n) is 15.4. The Balaban J connectivity index is 1.46. The lowest BCUT2D eigenvalue weighted by atomic mass is 9.67. The number of imide groups is 1. The van der Waals surface area contributed by atoms with E-state index in [-0.39, 0.29) is 24.7 Å². The van der Waals surface area contributed by atoms with Gasteiger partial charge < -0.3 is 15.3 Å². The van der Waals surface area contributed by atoms with E-state index in [2.05, 4.69) is 0 Å². The van der Waals surface area contributed by atoms with Crippen LogP contribution in [0.25, 0.3) is 11.6 Å². The molecule has 3 aromatic rings. The highest BCUT2D eigenvalue weighted by Crippen LogP contribution is 2.49.